The molecule has 0 aromatic carbocycles. The number of aromatic nitrogens is 2. The van der Waals surface area contributed by atoms with Crippen molar-refractivity contribution in [3.63, 3.8) is 0 Å². The topological polar surface area (TPSA) is 45.8 Å². The SMILES string of the molecule is CCCC(=O)c1c[nH]c2ncccc12. The van der Waals surface area contributed by atoms with E-state index in [4.69, 9.17) is 0 Å². The molecular weight excluding hydrogens is 176 g/mol. The molecule has 2 aromatic heterocycles. The molecule has 0 aliphatic rings. The van der Waals surface area contributed by atoms with E-state index in [1.54, 1.807) is 12.4 Å². The van der Waals surface area contributed by atoms with E-state index in [-0.39, 0.29) is 5.78 Å². The number of pyridine rings is 1. The third-order valence-corrected chi connectivity index (χ3v) is 2.23. The lowest BCUT2D eigenvalue weighted by atomic mass is 10.1. The number of carbonyl (C=O) groups is 1. The standard InChI is InChI=1S/C11H12N2O/c1-2-4-10(14)9-7-13-11-8(9)5-3-6-12-11/h3,5-7H,2,4H2,1H3,(H,12,13). The van der Waals surface area contributed by atoms with E-state index in [2.05, 4.69) is 9.97 Å². The number of H-pyrrole nitrogens is 1. The first-order chi connectivity index (χ1) is 6.83. The number of nitrogens with one attached hydrogen (secondary N) is 1. The smallest absolute Gasteiger partial charge is 0.165 e. The first-order valence-corrected chi connectivity index (χ1v) is 4.78. The van der Waals surface area contributed by atoms with Gasteiger partial charge in [-0.05, 0) is 18.6 Å². The molecule has 0 fully saturated rings. The Kier molecular flexibility index (Phi) is 2.31. The molecule has 2 heterocycles. The number of nitrogens with zero attached hydrogens (tertiary/aromatic N) is 1. The van der Waals surface area contributed by atoms with Gasteiger partial charge >= 0.3 is 0 Å². The summed E-state index contributed by atoms with van der Waals surface area (Å²) in [5.41, 5.74) is 1.54. The predicted molar refractivity (Wildman–Crippen MR) is 55.3 cm³/mol. The molecule has 3 nitrogen and oxygen atoms in total. The van der Waals surface area contributed by atoms with Crippen LogP contribution >= 0.6 is 0 Å². The molecule has 0 amide bonds. The van der Waals surface area contributed by atoms with Crippen molar-refractivity contribution >= 4 is 16.8 Å². The predicted octanol–water partition coefficient (Wildman–Crippen LogP) is 2.55. The highest BCUT2D eigenvalue weighted by molar-refractivity contribution is 6.06. The van der Waals surface area contributed by atoms with Crippen LogP contribution in [0.2, 0.25) is 0 Å². The lowest BCUT2D eigenvalue weighted by Crippen LogP contribution is -1.96. The summed E-state index contributed by atoms with van der Waals surface area (Å²) in [6.45, 7) is 2.00. The molecule has 0 saturated carbocycles. The van der Waals surface area contributed by atoms with E-state index < -0.39 is 0 Å². The minimum Gasteiger partial charge on any atom is -0.345 e. The van der Waals surface area contributed by atoms with Crippen molar-refractivity contribution < 1.29 is 4.79 Å². The average Bonchev–Trinajstić information content (AvgIpc) is 2.61. The number of Topliss-reactive ketones (excluding diaryl/α,β-unsaturated/α-hetero) is 1. The molecule has 14 heavy (non-hydrogen) atoms. The van der Waals surface area contributed by atoms with Crippen LogP contribution in [-0.2, 0) is 0 Å². The van der Waals surface area contributed by atoms with Crippen molar-refractivity contribution in [1.29, 1.82) is 0 Å². The monoisotopic (exact) mass is 188 g/mol. The Hall–Kier alpha value is -1.64. The second-order valence-electron chi connectivity index (χ2n) is 3.28. The Bertz CT molecular complexity index is 459. The number of rotatable bonds is 3. The minimum absolute atomic E-state index is 0.187. The van der Waals surface area contributed by atoms with E-state index in [0.717, 1.165) is 23.0 Å². The van der Waals surface area contributed by atoms with Crippen LogP contribution in [0.15, 0.2) is 24.5 Å². The highest BCUT2D eigenvalue weighted by atomic mass is 16.1. The van der Waals surface area contributed by atoms with Crippen LogP contribution in [0, 0.1) is 0 Å². The number of hydrogen-bond acceptors (Lipinski definition) is 2. The molecule has 0 radical (unpaired) electrons. The van der Waals surface area contributed by atoms with Crippen LogP contribution in [0.5, 0.6) is 0 Å². The summed E-state index contributed by atoms with van der Waals surface area (Å²) >= 11 is 0. The van der Waals surface area contributed by atoms with E-state index in [1.165, 1.54) is 0 Å². The van der Waals surface area contributed by atoms with E-state index >= 15 is 0 Å². The Labute approximate surface area is 82.2 Å². The van der Waals surface area contributed by atoms with Gasteiger partial charge in [0.25, 0.3) is 0 Å². The van der Waals surface area contributed by atoms with Crippen molar-refractivity contribution in [3.8, 4) is 0 Å². The highest BCUT2D eigenvalue weighted by Crippen LogP contribution is 2.17. The third-order valence-electron chi connectivity index (χ3n) is 2.23. The fraction of sp³-hybridized carbons (Fsp3) is 0.273. The summed E-state index contributed by atoms with van der Waals surface area (Å²) in [4.78, 5) is 18.8. The van der Waals surface area contributed by atoms with Crippen LogP contribution in [0.25, 0.3) is 11.0 Å². The summed E-state index contributed by atoms with van der Waals surface area (Å²) in [5, 5.41) is 0.922. The Balaban J connectivity index is 2.47. The molecule has 0 aliphatic heterocycles. The quantitative estimate of drug-likeness (QED) is 0.752. The zero-order chi connectivity index (χ0) is 9.97. The van der Waals surface area contributed by atoms with Gasteiger partial charge in [0.1, 0.15) is 5.65 Å². The van der Waals surface area contributed by atoms with Gasteiger partial charge in [-0.15, -0.1) is 0 Å². The first kappa shape index (κ1) is 8.94. The minimum atomic E-state index is 0.187. The van der Waals surface area contributed by atoms with E-state index in [9.17, 15) is 4.79 Å². The van der Waals surface area contributed by atoms with Gasteiger partial charge in [0.15, 0.2) is 5.78 Å². The molecule has 0 spiro atoms. The first-order valence-electron chi connectivity index (χ1n) is 4.78. The lowest BCUT2D eigenvalue weighted by Gasteiger charge is -1.95. The summed E-state index contributed by atoms with van der Waals surface area (Å²) < 4.78 is 0. The van der Waals surface area contributed by atoms with Gasteiger partial charge in [0.2, 0.25) is 0 Å². The van der Waals surface area contributed by atoms with Gasteiger partial charge in [-0.25, -0.2) is 4.98 Å². The normalized spacial score (nSPS) is 10.6. The van der Waals surface area contributed by atoms with Gasteiger partial charge in [-0.1, -0.05) is 6.92 Å². The molecule has 2 aromatic rings. The van der Waals surface area contributed by atoms with Crippen LogP contribution in [0.3, 0.4) is 0 Å². The summed E-state index contributed by atoms with van der Waals surface area (Å²) in [7, 11) is 0. The van der Waals surface area contributed by atoms with Crippen LogP contribution < -0.4 is 0 Å². The van der Waals surface area contributed by atoms with Crippen molar-refractivity contribution in [3.05, 3.63) is 30.1 Å². The van der Waals surface area contributed by atoms with Crippen molar-refractivity contribution in [2.45, 2.75) is 19.8 Å². The average molecular weight is 188 g/mol. The fourth-order valence-corrected chi connectivity index (χ4v) is 1.55. The lowest BCUT2D eigenvalue weighted by molar-refractivity contribution is 0.0983. The maximum absolute atomic E-state index is 11.7. The van der Waals surface area contributed by atoms with Crippen LogP contribution in [0.4, 0.5) is 0 Å². The molecule has 72 valence electrons. The number of aromatic amines is 1. The molecule has 0 bridgehead atoms. The molecule has 2 rings (SSSR count). The van der Waals surface area contributed by atoms with Crippen LogP contribution in [0.1, 0.15) is 30.1 Å². The summed E-state index contributed by atoms with van der Waals surface area (Å²) in [6, 6.07) is 3.76. The van der Waals surface area contributed by atoms with E-state index in [1.807, 2.05) is 19.1 Å². The van der Waals surface area contributed by atoms with Crippen molar-refractivity contribution in [2.75, 3.05) is 0 Å². The molecule has 0 unspecified atom stereocenters. The zero-order valence-corrected chi connectivity index (χ0v) is 8.08. The van der Waals surface area contributed by atoms with Crippen molar-refractivity contribution in [2.24, 2.45) is 0 Å². The highest BCUT2D eigenvalue weighted by Gasteiger charge is 2.10. The molecule has 3 heteroatoms. The Morgan fingerprint density at radius 1 is 1.57 bits per heavy atom. The van der Waals surface area contributed by atoms with Crippen molar-refractivity contribution in [1.82, 2.24) is 9.97 Å². The molecule has 1 N–H and O–H groups in total. The molecular formula is C11H12N2O. The van der Waals surface area contributed by atoms with Gasteiger partial charge in [0, 0.05) is 29.8 Å². The second kappa shape index (κ2) is 3.62. The Morgan fingerprint density at radius 3 is 3.21 bits per heavy atom. The summed E-state index contributed by atoms with van der Waals surface area (Å²) in [6.07, 6.45) is 4.94. The van der Waals surface area contributed by atoms with Gasteiger partial charge in [-0.3, -0.25) is 4.79 Å². The maximum Gasteiger partial charge on any atom is 0.165 e. The van der Waals surface area contributed by atoms with E-state index in [0.29, 0.717) is 6.42 Å². The fourth-order valence-electron chi connectivity index (χ4n) is 1.55. The summed E-state index contributed by atoms with van der Waals surface area (Å²) in [5.74, 6) is 0.187. The zero-order valence-electron chi connectivity index (χ0n) is 8.08. The maximum atomic E-state index is 11.7. The van der Waals surface area contributed by atoms with Gasteiger partial charge in [0.05, 0.1) is 0 Å². The van der Waals surface area contributed by atoms with Crippen LogP contribution in [-0.4, -0.2) is 15.8 Å². The van der Waals surface area contributed by atoms with Gasteiger partial charge in [-0.2, -0.15) is 0 Å². The number of fused-ring (bicyclic) bond motifs is 1. The molecule has 0 atom stereocenters. The third kappa shape index (κ3) is 1.41. The number of carbonyl (C=O) groups excluding carboxylic acids is 1. The Morgan fingerprint density at radius 2 is 2.43 bits per heavy atom. The molecule has 0 saturated heterocycles. The molecule has 0 aliphatic carbocycles. The number of ketones is 1. The van der Waals surface area contributed by atoms with Gasteiger partial charge < -0.3 is 4.98 Å². The number of hydrogen-bond donors (Lipinski definition) is 1. The largest absolute Gasteiger partial charge is 0.345 e. The second-order valence-corrected chi connectivity index (χ2v) is 3.28.